The van der Waals surface area contributed by atoms with Crippen molar-refractivity contribution in [1.29, 1.82) is 0 Å². The minimum atomic E-state index is -3.61. The first-order valence-corrected chi connectivity index (χ1v) is 13.9. The standard InChI is InChI=1S/C23H31N3O5S2/c1-17(2)25-32(28,29)22-6-4-5-19(15-22)16-24-23(27)20-11-13-26(14-12-20)33(30,31)21-9-7-18(3)8-10-21/h4-10,15,17,20,25H,11-14,16H2,1-3H3,(H,24,27). The van der Waals surface area contributed by atoms with Gasteiger partial charge in [0.1, 0.15) is 0 Å². The molecule has 0 radical (unpaired) electrons. The van der Waals surface area contributed by atoms with Crippen LogP contribution in [0.25, 0.3) is 0 Å². The summed E-state index contributed by atoms with van der Waals surface area (Å²) >= 11 is 0. The maximum absolute atomic E-state index is 12.8. The molecule has 0 bridgehead atoms. The molecule has 2 aromatic carbocycles. The van der Waals surface area contributed by atoms with Gasteiger partial charge in [-0.05, 0) is 63.4 Å². The number of rotatable bonds is 8. The van der Waals surface area contributed by atoms with Crippen molar-refractivity contribution in [1.82, 2.24) is 14.3 Å². The lowest BCUT2D eigenvalue weighted by Gasteiger charge is -2.30. The minimum absolute atomic E-state index is 0.151. The van der Waals surface area contributed by atoms with Gasteiger partial charge in [0.2, 0.25) is 26.0 Å². The highest BCUT2D eigenvalue weighted by molar-refractivity contribution is 7.89. The Bertz CT molecular complexity index is 1180. The third kappa shape index (κ3) is 6.41. The van der Waals surface area contributed by atoms with E-state index in [4.69, 9.17) is 0 Å². The van der Waals surface area contributed by atoms with Gasteiger partial charge < -0.3 is 5.32 Å². The van der Waals surface area contributed by atoms with Gasteiger partial charge in [0.25, 0.3) is 0 Å². The monoisotopic (exact) mass is 493 g/mol. The van der Waals surface area contributed by atoms with Gasteiger partial charge in [0.15, 0.2) is 0 Å². The Morgan fingerprint density at radius 1 is 1.00 bits per heavy atom. The highest BCUT2D eigenvalue weighted by Gasteiger charge is 2.32. The molecule has 1 amide bonds. The third-order valence-corrected chi connectivity index (χ3v) is 9.12. The number of amides is 1. The first-order chi connectivity index (χ1) is 15.5. The maximum Gasteiger partial charge on any atom is 0.243 e. The molecule has 1 aliphatic heterocycles. The van der Waals surface area contributed by atoms with Crippen molar-refractivity contribution in [2.24, 2.45) is 5.92 Å². The summed E-state index contributed by atoms with van der Waals surface area (Å²) in [7, 11) is -7.18. The predicted octanol–water partition coefficient (Wildman–Crippen LogP) is 2.40. The van der Waals surface area contributed by atoms with Crippen molar-refractivity contribution in [3.05, 3.63) is 59.7 Å². The van der Waals surface area contributed by atoms with Crippen molar-refractivity contribution in [3.8, 4) is 0 Å². The molecule has 10 heteroatoms. The number of carbonyl (C=O) groups is 1. The fourth-order valence-corrected chi connectivity index (χ4v) is 6.54. The summed E-state index contributed by atoms with van der Waals surface area (Å²) in [6.07, 6.45) is 0.868. The number of piperidine rings is 1. The summed E-state index contributed by atoms with van der Waals surface area (Å²) < 4.78 is 54.4. The summed E-state index contributed by atoms with van der Waals surface area (Å²) in [4.78, 5) is 13.1. The molecule has 0 saturated carbocycles. The second-order valence-electron chi connectivity index (χ2n) is 8.63. The molecule has 0 atom stereocenters. The van der Waals surface area contributed by atoms with E-state index in [1.807, 2.05) is 6.92 Å². The van der Waals surface area contributed by atoms with Crippen LogP contribution in [0.1, 0.15) is 37.8 Å². The molecule has 1 fully saturated rings. The van der Waals surface area contributed by atoms with E-state index in [2.05, 4.69) is 10.0 Å². The molecule has 1 aliphatic rings. The zero-order valence-electron chi connectivity index (χ0n) is 19.1. The lowest BCUT2D eigenvalue weighted by molar-refractivity contribution is -0.126. The Hall–Kier alpha value is -2.27. The molecular weight excluding hydrogens is 462 g/mol. The Kier molecular flexibility index (Phi) is 7.94. The van der Waals surface area contributed by atoms with Gasteiger partial charge in [-0.15, -0.1) is 0 Å². The van der Waals surface area contributed by atoms with Crippen LogP contribution in [0.3, 0.4) is 0 Å². The van der Waals surface area contributed by atoms with E-state index in [-0.39, 0.29) is 47.3 Å². The van der Waals surface area contributed by atoms with Gasteiger partial charge in [-0.2, -0.15) is 4.31 Å². The average molecular weight is 494 g/mol. The zero-order valence-corrected chi connectivity index (χ0v) is 20.7. The molecule has 3 rings (SSSR count). The molecule has 1 saturated heterocycles. The lowest BCUT2D eigenvalue weighted by Crippen LogP contribution is -2.42. The summed E-state index contributed by atoms with van der Waals surface area (Å²) in [6.45, 7) is 6.16. The molecular formula is C23H31N3O5S2. The van der Waals surface area contributed by atoms with Gasteiger partial charge in [-0.25, -0.2) is 21.6 Å². The van der Waals surface area contributed by atoms with E-state index in [1.54, 1.807) is 56.3 Å². The smallest absolute Gasteiger partial charge is 0.243 e. The van der Waals surface area contributed by atoms with Gasteiger partial charge in [0.05, 0.1) is 9.79 Å². The quantitative estimate of drug-likeness (QED) is 0.586. The highest BCUT2D eigenvalue weighted by atomic mass is 32.2. The fraction of sp³-hybridized carbons (Fsp3) is 0.435. The van der Waals surface area contributed by atoms with Crippen molar-refractivity contribution >= 4 is 26.0 Å². The van der Waals surface area contributed by atoms with Crippen LogP contribution >= 0.6 is 0 Å². The molecule has 0 unspecified atom stereocenters. The van der Waals surface area contributed by atoms with Gasteiger partial charge in [0, 0.05) is 31.6 Å². The molecule has 0 spiro atoms. The first-order valence-electron chi connectivity index (χ1n) is 10.9. The number of aryl methyl sites for hydroxylation is 1. The van der Waals surface area contributed by atoms with E-state index >= 15 is 0 Å². The molecule has 0 aromatic heterocycles. The van der Waals surface area contributed by atoms with Crippen molar-refractivity contribution in [3.63, 3.8) is 0 Å². The number of nitrogens with zero attached hydrogens (tertiary/aromatic N) is 1. The second-order valence-corrected chi connectivity index (χ2v) is 12.3. The van der Waals surface area contributed by atoms with Crippen LogP contribution in [-0.4, -0.2) is 46.2 Å². The Balaban J connectivity index is 1.56. The number of carbonyl (C=O) groups excluding carboxylic acids is 1. The van der Waals surface area contributed by atoms with Gasteiger partial charge in [-0.1, -0.05) is 29.8 Å². The van der Waals surface area contributed by atoms with Gasteiger partial charge in [-0.3, -0.25) is 4.79 Å². The minimum Gasteiger partial charge on any atom is -0.352 e. The number of benzene rings is 2. The normalized spacial score (nSPS) is 16.1. The van der Waals surface area contributed by atoms with E-state index in [1.165, 1.54) is 10.4 Å². The van der Waals surface area contributed by atoms with Crippen LogP contribution in [-0.2, 0) is 31.4 Å². The van der Waals surface area contributed by atoms with Gasteiger partial charge >= 0.3 is 0 Å². The SMILES string of the molecule is Cc1ccc(S(=O)(=O)N2CCC(C(=O)NCc3cccc(S(=O)(=O)NC(C)C)c3)CC2)cc1. The molecule has 33 heavy (non-hydrogen) atoms. The van der Waals surface area contributed by atoms with E-state index in [9.17, 15) is 21.6 Å². The summed E-state index contributed by atoms with van der Waals surface area (Å²) in [6, 6.07) is 13.0. The number of hydrogen-bond donors (Lipinski definition) is 2. The molecule has 0 aliphatic carbocycles. The van der Waals surface area contributed by atoms with E-state index in [0.29, 0.717) is 18.4 Å². The zero-order chi connectivity index (χ0) is 24.2. The van der Waals surface area contributed by atoms with Crippen LogP contribution in [0.5, 0.6) is 0 Å². The lowest BCUT2D eigenvalue weighted by atomic mass is 9.97. The largest absolute Gasteiger partial charge is 0.352 e. The summed E-state index contributed by atoms with van der Waals surface area (Å²) in [5.74, 6) is -0.444. The topological polar surface area (TPSA) is 113 Å². The summed E-state index contributed by atoms with van der Waals surface area (Å²) in [5.41, 5.74) is 1.66. The van der Waals surface area contributed by atoms with Crippen molar-refractivity contribution in [2.45, 2.75) is 56.0 Å². The van der Waals surface area contributed by atoms with Crippen LogP contribution in [0.4, 0.5) is 0 Å². The molecule has 2 N–H and O–H groups in total. The third-order valence-electron chi connectivity index (χ3n) is 5.55. The van der Waals surface area contributed by atoms with Crippen LogP contribution in [0, 0.1) is 12.8 Å². The molecule has 180 valence electrons. The second kappa shape index (κ2) is 10.3. The highest BCUT2D eigenvalue weighted by Crippen LogP contribution is 2.24. The van der Waals surface area contributed by atoms with Crippen LogP contribution in [0.15, 0.2) is 58.3 Å². The summed E-state index contributed by atoms with van der Waals surface area (Å²) in [5, 5.41) is 2.86. The number of sulfonamides is 2. The van der Waals surface area contributed by atoms with Crippen molar-refractivity contribution in [2.75, 3.05) is 13.1 Å². The van der Waals surface area contributed by atoms with E-state index < -0.39 is 20.0 Å². The molecule has 8 nitrogen and oxygen atoms in total. The van der Waals surface area contributed by atoms with Crippen molar-refractivity contribution < 1.29 is 21.6 Å². The first kappa shape index (κ1) is 25.4. The Morgan fingerprint density at radius 2 is 1.64 bits per heavy atom. The number of nitrogens with one attached hydrogen (secondary N) is 2. The Labute approximate surface area is 196 Å². The molecule has 1 heterocycles. The number of hydrogen-bond acceptors (Lipinski definition) is 5. The maximum atomic E-state index is 12.8. The van der Waals surface area contributed by atoms with Crippen LogP contribution < -0.4 is 10.0 Å². The van der Waals surface area contributed by atoms with Crippen LogP contribution in [0.2, 0.25) is 0 Å². The Morgan fingerprint density at radius 3 is 2.24 bits per heavy atom. The molecule has 2 aromatic rings. The predicted molar refractivity (Wildman–Crippen MR) is 126 cm³/mol. The van der Waals surface area contributed by atoms with E-state index in [0.717, 1.165) is 5.56 Å². The average Bonchev–Trinajstić information content (AvgIpc) is 2.77. The fourth-order valence-electron chi connectivity index (χ4n) is 3.75.